The molecule has 1 aromatic heterocycles. The van der Waals surface area contributed by atoms with Crippen LogP contribution in [0.2, 0.25) is 0 Å². The van der Waals surface area contributed by atoms with E-state index in [0.29, 0.717) is 44.0 Å². The summed E-state index contributed by atoms with van der Waals surface area (Å²) in [4.78, 5) is 45.2. The van der Waals surface area contributed by atoms with Gasteiger partial charge in [-0.3, -0.25) is 14.4 Å². The van der Waals surface area contributed by atoms with Crippen LogP contribution in [0.4, 0.5) is 0 Å². The van der Waals surface area contributed by atoms with Crippen molar-refractivity contribution in [3.05, 3.63) is 27.9 Å². The Bertz CT molecular complexity index is 786. The number of likely N-dealkylation sites (tertiary alicyclic amines) is 1. The summed E-state index contributed by atoms with van der Waals surface area (Å²) in [6.07, 6.45) is 2.00. The summed E-state index contributed by atoms with van der Waals surface area (Å²) < 4.78 is 5.32. The summed E-state index contributed by atoms with van der Waals surface area (Å²) in [7, 11) is 0. The summed E-state index contributed by atoms with van der Waals surface area (Å²) in [5.74, 6) is 1.66. The molecule has 4 aliphatic rings. The Morgan fingerprint density at radius 1 is 1.24 bits per heavy atom. The highest BCUT2D eigenvalue weighted by Crippen LogP contribution is 2.51. The Morgan fingerprint density at radius 2 is 1.96 bits per heavy atom. The minimum Gasteiger partial charge on any atom is -0.381 e. The van der Waals surface area contributed by atoms with Crippen LogP contribution in [-0.2, 0) is 9.53 Å². The van der Waals surface area contributed by atoms with Crippen LogP contribution < -0.4 is 10.9 Å². The molecule has 8 heteroatoms. The summed E-state index contributed by atoms with van der Waals surface area (Å²) >= 11 is 0. The van der Waals surface area contributed by atoms with E-state index in [2.05, 4.69) is 15.3 Å². The third-order valence-corrected chi connectivity index (χ3v) is 5.72. The highest BCUT2D eigenvalue weighted by Gasteiger charge is 2.59. The second kappa shape index (κ2) is 5.39. The Labute approximate surface area is 143 Å². The molecule has 0 aromatic carbocycles. The number of rotatable bonds is 4. The van der Waals surface area contributed by atoms with Crippen LogP contribution >= 0.6 is 0 Å². The third-order valence-electron chi connectivity index (χ3n) is 5.72. The highest BCUT2D eigenvalue weighted by atomic mass is 16.5. The smallest absolute Gasteiger partial charge is 0.270 e. The number of H-pyrrole nitrogens is 1. The second-order valence-electron chi connectivity index (χ2n) is 7.59. The highest BCUT2D eigenvalue weighted by molar-refractivity contribution is 5.92. The van der Waals surface area contributed by atoms with E-state index >= 15 is 0 Å². The molecule has 0 radical (unpaired) electrons. The van der Waals surface area contributed by atoms with Crippen molar-refractivity contribution < 1.29 is 14.3 Å². The molecule has 132 valence electrons. The largest absolute Gasteiger partial charge is 0.381 e. The van der Waals surface area contributed by atoms with Gasteiger partial charge in [-0.2, -0.15) is 0 Å². The van der Waals surface area contributed by atoms with Crippen molar-refractivity contribution in [2.24, 2.45) is 17.8 Å². The predicted octanol–water partition coefficient (Wildman–Crippen LogP) is -0.520. The molecule has 3 atom stereocenters. The van der Waals surface area contributed by atoms with Crippen LogP contribution in [0, 0.1) is 17.8 Å². The van der Waals surface area contributed by atoms with Gasteiger partial charge in [-0.15, -0.1) is 0 Å². The lowest BCUT2D eigenvalue weighted by Crippen LogP contribution is -2.61. The van der Waals surface area contributed by atoms with Crippen molar-refractivity contribution in [3.8, 4) is 0 Å². The molecule has 2 N–H and O–H groups in total. The van der Waals surface area contributed by atoms with Gasteiger partial charge < -0.3 is 19.9 Å². The van der Waals surface area contributed by atoms with Crippen LogP contribution in [0.1, 0.15) is 35.1 Å². The fourth-order valence-electron chi connectivity index (χ4n) is 3.97. The number of carbonyl (C=O) groups excluding carboxylic acids is 2. The van der Waals surface area contributed by atoms with Crippen LogP contribution in [-0.4, -0.2) is 59.0 Å². The monoisotopic (exact) mass is 344 g/mol. The molecular formula is C17H20N4O4. The first kappa shape index (κ1) is 15.1. The first-order valence-electron chi connectivity index (χ1n) is 8.89. The Hall–Kier alpha value is -2.22. The molecule has 1 unspecified atom stereocenters. The van der Waals surface area contributed by atoms with Crippen molar-refractivity contribution in [1.29, 1.82) is 0 Å². The quantitative estimate of drug-likeness (QED) is 0.765. The predicted molar refractivity (Wildman–Crippen MR) is 86.0 cm³/mol. The van der Waals surface area contributed by atoms with Crippen molar-refractivity contribution in [2.45, 2.75) is 24.8 Å². The molecule has 5 rings (SSSR count). The van der Waals surface area contributed by atoms with Crippen molar-refractivity contribution in [1.82, 2.24) is 20.2 Å². The molecule has 2 amide bonds. The van der Waals surface area contributed by atoms with Crippen LogP contribution in [0.25, 0.3) is 0 Å². The first-order valence-corrected chi connectivity index (χ1v) is 8.89. The zero-order chi connectivity index (χ0) is 17.1. The number of fused-ring (bicyclic) bond motifs is 1. The van der Waals surface area contributed by atoms with Gasteiger partial charge in [0.25, 0.3) is 11.5 Å². The summed E-state index contributed by atoms with van der Waals surface area (Å²) in [6.45, 7) is 2.46. The first-order chi connectivity index (χ1) is 12.1. The van der Waals surface area contributed by atoms with E-state index in [1.54, 1.807) is 4.90 Å². The van der Waals surface area contributed by atoms with Crippen LogP contribution in [0.5, 0.6) is 0 Å². The van der Waals surface area contributed by atoms with Crippen molar-refractivity contribution in [3.63, 3.8) is 0 Å². The van der Waals surface area contributed by atoms with E-state index in [1.165, 1.54) is 6.07 Å². The minimum atomic E-state index is -0.346. The van der Waals surface area contributed by atoms with Crippen molar-refractivity contribution in [2.75, 3.05) is 26.3 Å². The van der Waals surface area contributed by atoms with E-state index < -0.39 is 0 Å². The van der Waals surface area contributed by atoms with Gasteiger partial charge in [-0.25, -0.2) is 4.98 Å². The number of hydrogen-bond donors (Lipinski definition) is 2. The zero-order valence-electron chi connectivity index (χ0n) is 13.7. The van der Waals surface area contributed by atoms with E-state index in [0.717, 1.165) is 12.8 Å². The molecule has 8 nitrogen and oxygen atoms in total. The summed E-state index contributed by atoms with van der Waals surface area (Å²) in [6, 6.07) is 1.16. The average molecular weight is 344 g/mol. The lowest BCUT2D eigenvalue weighted by Gasteiger charge is -2.40. The number of aromatic nitrogens is 2. The molecule has 25 heavy (non-hydrogen) atoms. The Kier molecular flexibility index (Phi) is 3.25. The number of ether oxygens (including phenoxy) is 1. The van der Waals surface area contributed by atoms with Gasteiger partial charge in [0.2, 0.25) is 5.91 Å². The van der Waals surface area contributed by atoms with Gasteiger partial charge in [-0.05, 0) is 24.7 Å². The second-order valence-corrected chi connectivity index (χ2v) is 7.59. The van der Waals surface area contributed by atoms with Gasteiger partial charge in [0, 0.05) is 31.0 Å². The Balaban J connectivity index is 1.16. The normalized spacial score (nSPS) is 30.6. The molecule has 1 aromatic rings. The number of hydrogen-bond acceptors (Lipinski definition) is 5. The van der Waals surface area contributed by atoms with E-state index in [-0.39, 0.29) is 40.9 Å². The molecule has 4 fully saturated rings. The number of nitrogens with zero attached hydrogens (tertiary/aromatic N) is 2. The number of nitrogens with one attached hydrogen (secondary N) is 2. The molecule has 2 aliphatic carbocycles. The molecule has 2 saturated heterocycles. The van der Waals surface area contributed by atoms with Crippen LogP contribution in [0.15, 0.2) is 10.9 Å². The third kappa shape index (κ3) is 2.64. The number of amides is 2. The maximum Gasteiger partial charge on any atom is 0.270 e. The maximum atomic E-state index is 12.4. The number of carbonyl (C=O) groups is 2. The molecule has 0 bridgehead atoms. The maximum absolute atomic E-state index is 12.4. The van der Waals surface area contributed by atoms with Gasteiger partial charge in [-0.1, -0.05) is 0 Å². The fourth-order valence-corrected chi connectivity index (χ4v) is 3.97. The fraction of sp³-hybridized carbons (Fsp3) is 0.647. The molecule has 0 spiro atoms. The summed E-state index contributed by atoms with van der Waals surface area (Å²) in [5.41, 5.74) is -0.140. The lowest BCUT2D eigenvalue weighted by atomic mass is 10.1. The van der Waals surface area contributed by atoms with Gasteiger partial charge in [0.05, 0.1) is 19.3 Å². The van der Waals surface area contributed by atoms with Gasteiger partial charge in [0.15, 0.2) is 0 Å². The van der Waals surface area contributed by atoms with Crippen molar-refractivity contribution >= 4 is 11.8 Å². The SMILES string of the molecule is O=C(NC1CN(C(=O)C2[C@H]3COC[C@@H]23)C1)c1cc(=O)[nH]c(C2CC2)n1. The van der Waals surface area contributed by atoms with E-state index in [9.17, 15) is 14.4 Å². The molecule has 2 saturated carbocycles. The van der Waals surface area contributed by atoms with Gasteiger partial charge in [0.1, 0.15) is 11.5 Å². The van der Waals surface area contributed by atoms with E-state index in [1.807, 2.05) is 0 Å². The average Bonchev–Trinajstić information content (AvgIpc) is 3.47. The number of aromatic amines is 1. The summed E-state index contributed by atoms with van der Waals surface area (Å²) in [5, 5.41) is 2.87. The standard InChI is InChI=1S/C17H20N4O4/c22-13-3-12(19-15(20-13)8-1-2-8)16(23)18-9-4-21(5-9)17(24)14-10-6-25-7-11(10)14/h3,8-11,14H,1-2,4-7H2,(H,18,23)(H,19,20,22)/t10-,11+,14?. The molecular weight excluding hydrogens is 324 g/mol. The molecule has 2 aliphatic heterocycles. The van der Waals surface area contributed by atoms with Crippen LogP contribution in [0.3, 0.4) is 0 Å². The Morgan fingerprint density at radius 3 is 2.64 bits per heavy atom. The minimum absolute atomic E-state index is 0.0725. The van der Waals surface area contributed by atoms with E-state index in [4.69, 9.17) is 4.74 Å². The lowest BCUT2D eigenvalue weighted by molar-refractivity contribution is -0.138. The zero-order valence-corrected chi connectivity index (χ0v) is 13.7. The van der Waals surface area contributed by atoms with Gasteiger partial charge >= 0.3 is 0 Å². The molecule has 3 heterocycles. The topological polar surface area (TPSA) is 104 Å².